The van der Waals surface area contributed by atoms with Gasteiger partial charge in [0, 0.05) is 45.9 Å². The Hall–Kier alpha value is -0.810. The van der Waals surface area contributed by atoms with Crippen LogP contribution in [0.2, 0.25) is 0 Å². The van der Waals surface area contributed by atoms with Crippen LogP contribution in [0.3, 0.4) is 0 Å². The third-order valence-electron chi connectivity index (χ3n) is 5.97. The summed E-state index contributed by atoms with van der Waals surface area (Å²) in [5, 5.41) is 3.46. The first kappa shape index (κ1) is 21.5. The standard InChI is InChI=1S/C21H42N4O/c1-4-22-21(24(3)16-10-20-11-17-26-18-12-20)23-13-6-8-15-25-14-7-5-9-19(25)2/h19-20H,4-18H2,1-3H3,(H,22,23). The molecule has 1 N–H and O–H groups in total. The molecule has 5 nitrogen and oxygen atoms in total. The predicted octanol–water partition coefficient (Wildman–Crippen LogP) is 3.36. The molecule has 5 heteroatoms. The van der Waals surface area contributed by atoms with Crippen LogP contribution >= 0.6 is 0 Å². The van der Waals surface area contributed by atoms with Gasteiger partial charge in [-0.1, -0.05) is 6.42 Å². The van der Waals surface area contributed by atoms with E-state index < -0.39 is 0 Å². The van der Waals surface area contributed by atoms with Gasteiger partial charge in [0.05, 0.1) is 0 Å². The van der Waals surface area contributed by atoms with E-state index >= 15 is 0 Å². The van der Waals surface area contributed by atoms with Crippen LogP contribution in [-0.2, 0) is 4.74 Å². The number of hydrogen-bond donors (Lipinski definition) is 1. The van der Waals surface area contributed by atoms with E-state index in [1.807, 2.05) is 0 Å². The molecule has 0 aliphatic carbocycles. The minimum absolute atomic E-state index is 0.779. The van der Waals surface area contributed by atoms with Crippen molar-refractivity contribution in [1.29, 1.82) is 0 Å². The van der Waals surface area contributed by atoms with Crippen molar-refractivity contribution in [2.24, 2.45) is 10.9 Å². The molecule has 2 fully saturated rings. The monoisotopic (exact) mass is 366 g/mol. The molecule has 2 rings (SSSR count). The van der Waals surface area contributed by atoms with Gasteiger partial charge in [0.25, 0.3) is 0 Å². The van der Waals surface area contributed by atoms with Gasteiger partial charge in [-0.2, -0.15) is 0 Å². The number of unbranched alkanes of at least 4 members (excludes halogenated alkanes) is 1. The van der Waals surface area contributed by atoms with E-state index in [4.69, 9.17) is 9.73 Å². The molecule has 0 radical (unpaired) electrons. The van der Waals surface area contributed by atoms with E-state index in [0.29, 0.717) is 0 Å². The first-order valence-corrected chi connectivity index (χ1v) is 11.0. The van der Waals surface area contributed by atoms with Gasteiger partial charge in [-0.25, -0.2) is 0 Å². The summed E-state index contributed by atoms with van der Waals surface area (Å²) >= 11 is 0. The Kier molecular flexibility index (Phi) is 10.4. The topological polar surface area (TPSA) is 40.1 Å². The van der Waals surface area contributed by atoms with E-state index in [1.54, 1.807) is 0 Å². The van der Waals surface area contributed by atoms with Crippen molar-refractivity contribution in [3.8, 4) is 0 Å². The molecule has 0 saturated carbocycles. The average molecular weight is 367 g/mol. The van der Waals surface area contributed by atoms with Gasteiger partial charge in [-0.15, -0.1) is 0 Å². The highest BCUT2D eigenvalue weighted by molar-refractivity contribution is 5.79. The van der Waals surface area contributed by atoms with Gasteiger partial charge in [0.1, 0.15) is 0 Å². The quantitative estimate of drug-likeness (QED) is 0.386. The molecule has 0 bridgehead atoms. The van der Waals surface area contributed by atoms with Gasteiger partial charge in [0.15, 0.2) is 5.96 Å². The first-order chi connectivity index (χ1) is 12.7. The van der Waals surface area contributed by atoms with Crippen LogP contribution in [0.5, 0.6) is 0 Å². The summed E-state index contributed by atoms with van der Waals surface area (Å²) in [5.74, 6) is 1.89. The summed E-state index contributed by atoms with van der Waals surface area (Å²) in [7, 11) is 2.18. The smallest absolute Gasteiger partial charge is 0.193 e. The molecule has 152 valence electrons. The number of ether oxygens (including phenoxy) is 1. The van der Waals surface area contributed by atoms with Gasteiger partial charge in [-0.05, 0) is 77.8 Å². The normalized spacial score (nSPS) is 23.2. The van der Waals surface area contributed by atoms with Crippen molar-refractivity contribution in [3.63, 3.8) is 0 Å². The zero-order valence-electron chi connectivity index (χ0n) is 17.5. The van der Waals surface area contributed by atoms with Gasteiger partial charge >= 0.3 is 0 Å². The summed E-state index contributed by atoms with van der Waals surface area (Å²) in [6, 6.07) is 0.779. The third-order valence-corrected chi connectivity index (χ3v) is 5.97. The Balaban J connectivity index is 1.65. The van der Waals surface area contributed by atoms with E-state index in [1.165, 1.54) is 64.5 Å². The van der Waals surface area contributed by atoms with Crippen molar-refractivity contribution in [1.82, 2.24) is 15.1 Å². The van der Waals surface area contributed by atoms with E-state index in [9.17, 15) is 0 Å². The molecule has 0 aromatic carbocycles. The maximum Gasteiger partial charge on any atom is 0.193 e. The molecule has 2 aliphatic rings. The van der Waals surface area contributed by atoms with Crippen LogP contribution in [0.25, 0.3) is 0 Å². The Morgan fingerprint density at radius 1 is 1.19 bits per heavy atom. The molecule has 0 aromatic heterocycles. The number of piperidine rings is 1. The summed E-state index contributed by atoms with van der Waals surface area (Å²) in [4.78, 5) is 9.84. The fourth-order valence-corrected chi connectivity index (χ4v) is 4.09. The SMILES string of the molecule is CCNC(=NCCCCN1CCCCC1C)N(C)CCC1CCOCC1. The lowest BCUT2D eigenvalue weighted by Gasteiger charge is -2.33. The Labute approximate surface area is 161 Å². The van der Waals surface area contributed by atoms with Crippen molar-refractivity contribution < 1.29 is 4.74 Å². The average Bonchev–Trinajstić information content (AvgIpc) is 2.67. The lowest BCUT2D eigenvalue weighted by Crippen LogP contribution is -2.40. The van der Waals surface area contributed by atoms with Crippen LogP contribution in [0.1, 0.15) is 65.2 Å². The number of guanidine groups is 1. The molecule has 2 aliphatic heterocycles. The highest BCUT2D eigenvalue weighted by Gasteiger charge is 2.17. The fraction of sp³-hybridized carbons (Fsp3) is 0.952. The van der Waals surface area contributed by atoms with E-state index in [0.717, 1.165) is 50.8 Å². The largest absolute Gasteiger partial charge is 0.381 e. The van der Waals surface area contributed by atoms with Crippen molar-refractivity contribution >= 4 is 5.96 Å². The van der Waals surface area contributed by atoms with Gasteiger partial charge in [0.2, 0.25) is 0 Å². The lowest BCUT2D eigenvalue weighted by molar-refractivity contribution is 0.0625. The molecule has 0 aromatic rings. The minimum atomic E-state index is 0.779. The highest BCUT2D eigenvalue weighted by Crippen LogP contribution is 2.18. The molecule has 2 heterocycles. The predicted molar refractivity (Wildman–Crippen MR) is 111 cm³/mol. The van der Waals surface area contributed by atoms with Gasteiger partial charge in [-0.3, -0.25) is 4.99 Å². The van der Waals surface area contributed by atoms with Crippen LogP contribution < -0.4 is 5.32 Å². The molecular formula is C21H42N4O. The summed E-state index contributed by atoms with van der Waals surface area (Å²) in [6.45, 7) is 11.9. The lowest BCUT2D eigenvalue weighted by atomic mass is 9.96. The number of nitrogens with one attached hydrogen (secondary N) is 1. The first-order valence-electron chi connectivity index (χ1n) is 11.0. The summed E-state index contributed by atoms with van der Waals surface area (Å²) in [5.41, 5.74) is 0. The molecule has 1 atom stereocenters. The fourth-order valence-electron chi connectivity index (χ4n) is 4.09. The highest BCUT2D eigenvalue weighted by atomic mass is 16.5. The Morgan fingerprint density at radius 3 is 2.73 bits per heavy atom. The third kappa shape index (κ3) is 7.83. The summed E-state index contributed by atoms with van der Waals surface area (Å²) < 4.78 is 5.47. The van der Waals surface area contributed by atoms with Crippen LogP contribution in [0, 0.1) is 5.92 Å². The van der Waals surface area contributed by atoms with Crippen LogP contribution in [-0.4, -0.2) is 74.8 Å². The second kappa shape index (κ2) is 12.6. The molecule has 1 unspecified atom stereocenters. The second-order valence-corrected chi connectivity index (χ2v) is 8.09. The van der Waals surface area contributed by atoms with E-state index in [2.05, 4.69) is 36.0 Å². The maximum absolute atomic E-state index is 5.47. The second-order valence-electron chi connectivity index (χ2n) is 8.09. The van der Waals surface area contributed by atoms with Crippen LogP contribution in [0.15, 0.2) is 4.99 Å². The molecule has 0 amide bonds. The molecule has 26 heavy (non-hydrogen) atoms. The zero-order valence-corrected chi connectivity index (χ0v) is 17.5. The Morgan fingerprint density at radius 2 is 2.00 bits per heavy atom. The number of aliphatic imine (C=N–C) groups is 1. The van der Waals surface area contributed by atoms with Crippen LogP contribution in [0.4, 0.5) is 0 Å². The number of hydrogen-bond acceptors (Lipinski definition) is 3. The van der Waals surface area contributed by atoms with Crippen molar-refractivity contribution in [3.05, 3.63) is 0 Å². The maximum atomic E-state index is 5.47. The summed E-state index contributed by atoms with van der Waals surface area (Å²) in [6.07, 6.45) is 10.3. The number of likely N-dealkylation sites (tertiary alicyclic amines) is 1. The molecule has 0 spiro atoms. The zero-order chi connectivity index (χ0) is 18.6. The van der Waals surface area contributed by atoms with Crippen molar-refractivity contribution in [2.75, 3.05) is 53.0 Å². The Bertz CT molecular complexity index is 395. The number of rotatable bonds is 9. The number of nitrogens with zero attached hydrogens (tertiary/aromatic N) is 3. The van der Waals surface area contributed by atoms with E-state index in [-0.39, 0.29) is 0 Å². The minimum Gasteiger partial charge on any atom is -0.381 e. The van der Waals surface area contributed by atoms with Crippen molar-refractivity contribution in [2.45, 2.75) is 71.3 Å². The molecular weight excluding hydrogens is 324 g/mol. The molecule has 2 saturated heterocycles. The van der Waals surface area contributed by atoms with Gasteiger partial charge < -0.3 is 19.9 Å².